The van der Waals surface area contributed by atoms with E-state index in [9.17, 15) is 17.8 Å². The molecule has 0 saturated heterocycles. The number of carbonyl (C=O) groups is 1. The third-order valence-corrected chi connectivity index (χ3v) is 4.99. The smallest absolute Gasteiger partial charge is 0.748 e. The molecule has 0 fully saturated rings. The van der Waals surface area contributed by atoms with Crippen LogP contribution in [0.15, 0.2) is 49.1 Å². The average Bonchev–Trinajstić information content (AvgIpc) is 2.70. The van der Waals surface area contributed by atoms with Crippen LogP contribution in [0.3, 0.4) is 0 Å². The largest absolute Gasteiger partial charge is 1.00 e. The van der Waals surface area contributed by atoms with Crippen LogP contribution in [0.2, 0.25) is 0 Å². The Hall–Kier alpha value is -0.920. The van der Waals surface area contributed by atoms with Gasteiger partial charge in [0.15, 0.2) is 0 Å². The van der Waals surface area contributed by atoms with Crippen molar-refractivity contribution in [3.05, 3.63) is 54.6 Å². The van der Waals surface area contributed by atoms with Crippen molar-refractivity contribution in [1.82, 2.24) is 0 Å². The Morgan fingerprint density at radius 2 is 1.35 bits per heavy atom. The molecule has 31 heavy (non-hydrogen) atoms. The third kappa shape index (κ3) is 31.4. The number of unbranched alkanes of at least 4 members (excludes halogenated alkanes) is 9. The molecule has 0 bridgehead atoms. The van der Waals surface area contributed by atoms with Crippen molar-refractivity contribution in [3.63, 3.8) is 0 Å². The first-order valence-corrected chi connectivity index (χ1v) is 12.3. The van der Waals surface area contributed by atoms with Crippen LogP contribution >= 0.6 is 0 Å². The van der Waals surface area contributed by atoms with Gasteiger partial charge in [-0.3, -0.25) is 4.79 Å². The quantitative estimate of drug-likeness (QED) is 0.211. The van der Waals surface area contributed by atoms with Crippen LogP contribution in [0.25, 0.3) is 6.08 Å². The van der Waals surface area contributed by atoms with E-state index in [-0.39, 0.29) is 35.3 Å². The fraction of sp³-hybridized carbons (Fsp3) is 0.542. The summed E-state index contributed by atoms with van der Waals surface area (Å²) in [5.74, 6) is -0.626. The minimum Gasteiger partial charge on any atom is -0.748 e. The van der Waals surface area contributed by atoms with Crippen LogP contribution in [0, 0.1) is 0 Å². The van der Waals surface area contributed by atoms with Crippen LogP contribution in [-0.4, -0.2) is 24.6 Å². The molecule has 1 aromatic rings. The van der Waals surface area contributed by atoms with Gasteiger partial charge >= 0.3 is 29.6 Å². The fourth-order valence-electron chi connectivity index (χ4n) is 2.36. The number of nitrogens with two attached hydrogens (primary N) is 1. The molecule has 0 radical (unpaired) electrons. The molecular formula is C24H40NNaO4S. The zero-order chi connectivity index (χ0) is 23.3. The molecule has 1 aromatic carbocycles. The predicted octanol–water partition coefficient (Wildman–Crippen LogP) is 2.83. The van der Waals surface area contributed by atoms with Crippen LogP contribution in [0.1, 0.15) is 83.6 Å². The minimum atomic E-state index is -3.98. The number of hydrogen-bond donors (Lipinski definition) is 1. The summed E-state index contributed by atoms with van der Waals surface area (Å²) < 4.78 is 30.9. The van der Waals surface area contributed by atoms with Crippen LogP contribution in [0.5, 0.6) is 0 Å². The van der Waals surface area contributed by atoms with Crippen LogP contribution in [-0.2, 0) is 14.9 Å². The fourth-order valence-corrected chi connectivity index (χ4v) is 2.91. The van der Waals surface area contributed by atoms with Gasteiger partial charge in [0.2, 0.25) is 5.91 Å². The van der Waals surface area contributed by atoms with E-state index in [1.165, 1.54) is 50.5 Å². The molecule has 0 saturated carbocycles. The zero-order valence-electron chi connectivity index (χ0n) is 19.8. The molecule has 0 aliphatic heterocycles. The maximum absolute atomic E-state index is 10.3. The first kappa shape index (κ1) is 34.7. The molecule has 0 spiro atoms. The van der Waals surface area contributed by atoms with Gasteiger partial charge in [0.25, 0.3) is 0 Å². The average molecular weight is 462 g/mol. The van der Waals surface area contributed by atoms with E-state index in [1.54, 1.807) is 6.92 Å². The van der Waals surface area contributed by atoms with Crippen molar-refractivity contribution < 1.29 is 47.3 Å². The van der Waals surface area contributed by atoms with Crippen molar-refractivity contribution in [1.29, 1.82) is 0 Å². The molecule has 5 nitrogen and oxygen atoms in total. The standard InChI is InChI=1S/C12H26O3S.C8H8.C4H7NO.Na/c1-2-3-4-5-6-7-8-9-10-11-12-16(13,14)15;1-2-8-6-4-3-5-7-8;1-3(2)4(5)6;/h2-12H2,1H3,(H,13,14,15);2-7H,1H2;1H2,2H3,(H2,5,6);/q;;;+1/p-1. The second kappa shape index (κ2) is 23.7. The monoisotopic (exact) mass is 461 g/mol. The normalized spacial score (nSPS) is 9.77. The van der Waals surface area contributed by atoms with Gasteiger partial charge in [-0.15, -0.1) is 0 Å². The topological polar surface area (TPSA) is 100 Å². The zero-order valence-corrected chi connectivity index (χ0v) is 22.6. The maximum Gasteiger partial charge on any atom is 1.00 e. The summed E-state index contributed by atoms with van der Waals surface area (Å²) in [5, 5.41) is 0. The molecule has 0 aromatic heterocycles. The molecule has 0 aliphatic carbocycles. The summed E-state index contributed by atoms with van der Waals surface area (Å²) in [6, 6.07) is 10.0. The summed E-state index contributed by atoms with van der Waals surface area (Å²) >= 11 is 0. The predicted molar refractivity (Wildman–Crippen MR) is 127 cm³/mol. The summed E-state index contributed by atoms with van der Waals surface area (Å²) in [7, 11) is -3.98. The Labute approximate surface area is 212 Å². The third-order valence-electron chi connectivity index (χ3n) is 4.20. The summed E-state index contributed by atoms with van der Waals surface area (Å²) in [5.41, 5.74) is 6.27. The van der Waals surface area contributed by atoms with Gasteiger partial charge in [-0.1, -0.05) is 114 Å². The Kier molecular flexibility index (Phi) is 26.6. The number of rotatable bonds is 13. The van der Waals surface area contributed by atoms with Gasteiger partial charge in [0, 0.05) is 11.3 Å². The van der Waals surface area contributed by atoms with Gasteiger partial charge < -0.3 is 10.3 Å². The van der Waals surface area contributed by atoms with Gasteiger partial charge in [-0.05, 0) is 18.9 Å². The number of hydrogen-bond acceptors (Lipinski definition) is 4. The van der Waals surface area contributed by atoms with E-state index >= 15 is 0 Å². The molecule has 1 rings (SSSR count). The van der Waals surface area contributed by atoms with Crippen molar-refractivity contribution >= 4 is 22.1 Å². The van der Waals surface area contributed by atoms with Gasteiger partial charge in [-0.25, -0.2) is 8.42 Å². The molecule has 2 N–H and O–H groups in total. The molecule has 172 valence electrons. The Morgan fingerprint density at radius 3 is 1.65 bits per heavy atom. The number of primary amides is 1. The van der Waals surface area contributed by atoms with Gasteiger partial charge in [0.1, 0.15) is 0 Å². The van der Waals surface area contributed by atoms with E-state index in [2.05, 4.69) is 20.1 Å². The molecule has 7 heteroatoms. The molecule has 1 amide bonds. The first-order valence-electron chi connectivity index (χ1n) is 10.7. The van der Waals surface area contributed by atoms with Crippen molar-refractivity contribution in [3.8, 4) is 0 Å². The van der Waals surface area contributed by atoms with E-state index in [0.29, 0.717) is 12.0 Å². The molecular weight excluding hydrogens is 421 g/mol. The Balaban J connectivity index is -0.000000433. The van der Waals surface area contributed by atoms with Crippen molar-refractivity contribution in [2.45, 2.75) is 78.1 Å². The first-order chi connectivity index (χ1) is 14.1. The summed E-state index contributed by atoms with van der Waals surface area (Å²) in [6.07, 6.45) is 13.3. The molecule has 0 aliphatic rings. The molecule has 0 atom stereocenters. The number of amides is 1. The van der Waals surface area contributed by atoms with Gasteiger partial charge in [0.05, 0.1) is 10.1 Å². The van der Waals surface area contributed by atoms with Crippen molar-refractivity contribution in [2.24, 2.45) is 5.73 Å². The van der Waals surface area contributed by atoms with E-state index in [0.717, 1.165) is 12.8 Å². The Morgan fingerprint density at radius 1 is 0.968 bits per heavy atom. The van der Waals surface area contributed by atoms with E-state index < -0.39 is 16.0 Å². The molecule has 0 unspecified atom stereocenters. The number of benzene rings is 1. The minimum absolute atomic E-state index is 0. The number of carbonyl (C=O) groups excluding carboxylic acids is 1. The summed E-state index contributed by atoms with van der Waals surface area (Å²) in [4.78, 5) is 9.82. The van der Waals surface area contributed by atoms with E-state index in [4.69, 9.17) is 5.73 Å². The van der Waals surface area contributed by atoms with Crippen LogP contribution in [0.4, 0.5) is 0 Å². The second-order valence-electron chi connectivity index (χ2n) is 7.20. The second-order valence-corrected chi connectivity index (χ2v) is 8.73. The van der Waals surface area contributed by atoms with E-state index in [1.807, 2.05) is 36.4 Å². The SMILES string of the molecule is C=C(C)C(N)=O.C=Cc1ccccc1.CCCCCCCCCCCCS(=O)(=O)[O-].[Na+]. The van der Waals surface area contributed by atoms with Crippen LogP contribution < -0.4 is 35.3 Å². The summed E-state index contributed by atoms with van der Waals surface area (Å²) in [6.45, 7) is 10.7. The maximum atomic E-state index is 10.3. The Bertz CT molecular complexity index is 664. The molecule has 0 heterocycles. The van der Waals surface area contributed by atoms with Crippen molar-refractivity contribution in [2.75, 3.05) is 5.75 Å². The van der Waals surface area contributed by atoms with Gasteiger partial charge in [-0.2, -0.15) is 0 Å².